The molecule has 198 valence electrons. The average molecular weight is 534 g/mol. The van der Waals surface area contributed by atoms with Crippen LogP contribution < -0.4 is 14.2 Å². The highest BCUT2D eigenvalue weighted by molar-refractivity contribution is 5.92. The topological polar surface area (TPSA) is 113 Å². The predicted octanol–water partition coefficient (Wildman–Crippen LogP) is 6.24. The molecule has 3 aromatic carbocycles. The van der Waals surface area contributed by atoms with E-state index >= 15 is 0 Å². The van der Waals surface area contributed by atoms with Crippen molar-refractivity contribution in [2.45, 2.75) is 6.92 Å². The Labute approximate surface area is 229 Å². The molecule has 0 atom stereocenters. The molecule has 0 aliphatic rings. The van der Waals surface area contributed by atoms with Crippen LogP contribution in [-0.4, -0.2) is 35.4 Å². The molecule has 0 aliphatic heterocycles. The number of aryl methyl sites for hydroxylation is 1. The van der Waals surface area contributed by atoms with Gasteiger partial charge in [-0.05, 0) is 67.1 Å². The lowest BCUT2D eigenvalue weighted by molar-refractivity contribution is 0.0717. The van der Waals surface area contributed by atoms with Crippen molar-refractivity contribution >= 4 is 23.8 Å². The van der Waals surface area contributed by atoms with Gasteiger partial charge in [-0.3, -0.25) is 9.98 Å². The van der Waals surface area contributed by atoms with Crippen LogP contribution >= 0.6 is 0 Å². The smallest absolute Gasteiger partial charge is 0.365 e. The Hall–Kier alpha value is -5.57. The van der Waals surface area contributed by atoms with Crippen molar-refractivity contribution in [3.8, 4) is 28.6 Å². The first-order chi connectivity index (χ1) is 19.5. The van der Waals surface area contributed by atoms with Crippen molar-refractivity contribution in [2.24, 2.45) is 4.99 Å². The first kappa shape index (κ1) is 26.1. The molecule has 0 radical (unpaired) electrons. The molecule has 0 saturated carbocycles. The minimum atomic E-state index is -0.629. The molecule has 0 amide bonds. The predicted molar refractivity (Wildman–Crippen MR) is 148 cm³/mol. The Bertz CT molecular complexity index is 1660. The molecule has 0 N–H and O–H groups in total. The van der Waals surface area contributed by atoms with E-state index in [1.807, 2.05) is 31.2 Å². The number of pyridine rings is 1. The van der Waals surface area contributed by atoms with Gasteiger partial charge in [-0.1, -0.05) is 35.0 Å². The number of ether oxygens (including phenoxy) is 3. The largest absolute Gasteiger partial charge is 0.493 e. The zero-order valence-corrected chi connectivity index (χ0v) is 21.6. The third kappa shape index (κ3) is 6.28. The molecule has 9 nitrogen and oxygen atoms in total. The molecule has 0 spiro atoms. The summed E-state index contributed by atoms with van der Waals surface area (Å²) in [6.45, 7) is 1.99. The second kappa shape index (κ2) is 11.9. The number of carbonyl (C=O) groups excluding carboxylic acids is 2. The maximum Gasteiger partial charge on any atom is 0.365 e. The van der Waals surface area contributed by atoms with Crippen LogP contribution in [0.4, 0.5) is 5.69 Å². The van der Waals surface area contributed by atoms with Gasteiger partial charge in [-0.2, -0.15) is 0 Å². The van der Waals surface area contributed by atoms with Gasteiger partial charge in [0, 0.05) is 30.2 Å². The summed E-state index contributed by atoms with van der Waals surface area (Å²) >= 11 is 0. The molecule has 0 aliphatic carbocycles. The van der Waals surface area contributed by atoms with Gasteiger partial charge in [-0.25, -0.2) is 9.59 Å². The van der Waals surface area contributed by atoms with Crippen LogP contribution in [0.3, 0.4) is 0 Å². The van der Waals surface area contributed by atoms with E-state index in [0.29, 0.717) is 28.5 Å². The quantitative estimate of drug-likeness (QED) is 0.131. The summed E-state index contributed by atoms with van der Waals surface area (Å²) in [7, 11) is 1.49. The van der Waals surface area contributed by atoms with E-state index in [1.165, 1.54) is 19.5 Å². The van der Waals surface area contributed by atoms with Crippen molar-refractivity contribution in [2.75, 3.05) is 7.11 Å². The third-order valence-corrected chi connectivity index (χ3v) is 5.77. The Balaban J connectivity index is 1.20. The first-order valence-electron chi connectivity index (χ1n) is 12.2. The number of benzene rings is 3. The summed E-state index contributed by atoms with van der Waals surface area (Å²) in [5.74, 6) is 0.338. The summed E-state index contributed by atoms with van der Waals surface area (Å²) < 4.78 is 21.6. The summed E-state index contributed by atoms with van der Waals surface area (Å²) in [6.07, 6.45) is 4.67. The second-order valence-corrected chi connectivity index (χ2v) is 8.62. The number of hydrogen-bond acceptors (Lipinski definition) is 9. The minimum absolute atomic E-state index is 0.0709. The molecule has 2 heterocycles. The van der Waals surface area contributed by atoms with Gasteiger partial charge in [0.05, 0.1) is 18.4 Å². The van der Waals surface area contributed by atoms with E-state index < -0.39 is 11.9 Å². The fourth-order valence-electron chi connectivity index (χ4n) is 3.63. The van der Waals surface area contributed by atoms with Crippen LogP contribution in [-0.2, 0) is 0 Å². The molecule has 0 unspecified atom stereocenters. The van der Waals surface area contributed by atoms with Crippen LogP contribution in [0.15, 0.2) is 107 Å². The Morgan fingerprint density at radius 2 is 1.57 bits per heavy atom. The number of aromatic nitrogens is 2. The van der Waals surface area contributed by atoms with Crippen molar-refractivity contribution in [3.05, 3.63) is 120 Å². The van der Waals surface area contributed by atoms with E-state index in [1.54, 1.807) is 66.9 Å². The lowest BCUT2D eigenvalue weighted by atomic mass is 10.1. The van der Waals surface area contributed by atoms with Crippen molar-refractivity contribution in [1.29, 1.82) is 0 Å². The summed E-state index contributed by atoms with van der Waals surface area (Å²) in [5, 5.41) is 3.83. The summed E-state index contributed by atoms with van der Waals surface area (Å²) in [5.41, 5.74) is 3.75. The van der Waals surface area contributed by atoms with Gasteiger partial charge in [0.25, 0.3) is 0 Å². The minimum Gasteiger partial charge on any atom is -0.493 e. The highest BCUT2D eigenvalue weighted by Crippen LogP contribution is 2.29. The van der Waals surface area contributed by atoms with E-state index in [0.717, 1.165) is 16.7 Å². The van der Waals surface area contributed by atoms with Crippen LogP contribution in [0.25, 0.3) is 11.3 Å². The standard InChI is InChI=1S/C31H23N3O6/c1-20-3-6-22(7-4-20)28-18-26(34-40-28)31(36)38-25-10-8-24(9-11-25)33-19-21-5-12-27(29(17-21)37-2)39-30(35)23-13-15-32-16-14-23/h3-19H,1-2H3. The summed E-state index contributed by atoms with van der Waals surface area (Å²) in [4.78, 5) is 33.2. The molecule has 5 aromatic rings. The lowest BCUT2D eigenvalue weighted by Gasteiger charge is -2.09. The number of rotatable bonds is 8. The molecule has 9 heteroatoms. The fraction of sp³-hybridized carbons (Fsp3) is 0.0645. The fourth-order valence-corrected chi connectivity index (χ4v) is 3.63. The number of aliphatic imine (C=N–C) groups is 1. The van der Waals surface area contributed by atoms with Crippen molar-refractivity contribution in [3.63, 3.8) is 0 Å². The van der Waals surface area contributed by atoms with Crippen LogP contribution in [0.5, 0.6) is 17.2 Å². The molecular formula is C31H23N3O6. The number of nitrogens with zero attached hydrogens (tertiary/aromatic N) is 3. The monoisotopic (exact) mass is 533 g/mol. The molecule has 2 aromatic heterocycles. The van der Waals surface area contributed by atoms with Crippen molar-refractivity contribution < 1.29 is 28.3 Å². The van der Waals surface area contributed by atoms with Crippen molar-refractivity contribution in [1.82, 2.24) is 10.1 Å². The van der Waals surface area contributed by atoms with Gasteiger partial charge in [0.2, 0.25) is 0 Å². The molecule has 0 saturated heterocycles. The average Bonchev–Trinajstić information content (AvgIpc) is 3.49. The number of carbonyl (C=O) groups is 2. The molecule has 5 rings (SSSR count). The van der Waals surface area contributed by atoms with E-state index in [2.05, 4.69) is 15.1 Å². The van der Waals surface area contributed by atoms with Gasteiger partial charge in [0.1, 0.15) is 5.75 Å². The van der Waals surface area contributed by atoms with Gasteiger partial charge >= 0.3 is 11.9 Å². The lowest BCUT2D eigenvalue weighted by Crippen LogP contribution is -2.09. The van der Waals surface area contributed by atoms with Gasteiger partial charge < -0.3 is 18.7 Å². The SMILES string of the molecule is COc1cc(C=Nc2ccc(OC(=O)c3cc(-c4ccc(C)cc4)on3)cc2)ccc1OC(=O)c1ccncc1. The number of methoxy groups -OCH3 is 1. The normalized spacial score (nSPS) is 10.8. The van der Waals surface area contributed by atoms with E-state index in [4.69, 9.17) is 18.7 Å². The molecule has 0 fully saturated rings. The zero-order valence-electron chi connectivity index (χ0n) is 21.6. The van der Waals surface area contributed by atoms with Crippen LogP contribution in [0, 0.1) is 6.92 Å². The third-order valence-electron chi connectivity index (χ3n) is 5.77. The van der Waals surface area contributed by atoms with Crippen LogP contribution in [0.2, 0.25) is 0 Å². The highest BCUT2D eigenvalue weighted by Gasteiger charge is 2.16. The Morgan fingerprint density at radius 1 is 0.825 bits per heavy atom. The maximum atomic E-state index is 12.5. The Kier molecular flexibility index (Phi) is 7.73. The van der Waals surface area contributed by atoms with E-state index in [-0.39, 0.29) is 11.4 Å². The molecule has 40 heavy (non-hydrogen) atoms. The highest BCUT2D eigenvalue weighted by atomic mass is 16.6. The molecular weight excluding hydrogens is 510 g/mol. The zero-order chi connectivity index (χ0) is 27.9. The first-order valence-corrected chi connectivity index (χ1v) is 12.2. The Morgan fingerprint density at radius 3 is 2.30 bits per heavy atom. The number of esters is 2. The maximum absolute atomic E-state index is 12.5. The number of hydrogen-bond donors (Lipinski definition) is 0. The summed E-state index contributed by atoms with van der Waals surface area (Å²) in [6, 6.07) is 24.2. The van der Waals surface area contributed by atoms with Gasteiger partial charge in [0.15, 0.2) is 23.0 Å². The second-order valence-electron chi connectivity index (χ2n) is 8.62. The van der Waals surface area contributed by atoms with E-state index in [9.17, 15) is 9.59 Å². The van der Waals surface area contributed by atoms with Gasteiger partial charge in [-0.15, -0.1) is 0 Å². The molecule has 0 bridgehead atoms. The van der Waals surface area contributed by atoms with Crippen LogP contribution in [0.1, 0.15) is 32.0 Å².